The molecule has 0 aliphatic rings. The molecule has 0 saturated heterocycles. The minimum Gasteiger partial charge on any atom is -0.550 e. The fourth-order valence-corrected chi connectivity index (χ4v) is 2.07. The lowest BCUT2D eigenvalue weighted by atomic mass is 10.0. The van der Waals surface area contributed by atoms with E-state index >= 15 is 0 Å². The number of benzene rings is 1. The number of aliphatic carboxylic acids is 1. The van der Waals surface area contributed by atoms with Gasteiger partial charge in [-0.3, -0.25) is 14.9 Å². The van der Waals surface area contributed by atoms with Crippen molar-refractivity contribution in [2.75, 3.05) is 6.54 Å². The highest BCUT2D eigenvalue weighted by Crippen LogP contribution is 2.24. The molecule has 0 aliphatic heterocycles. The number of carboxylic acid groups (broad SMARTS) is 1. The van der Waals surface area contributed by atoms with Gasteiger partial charge in [0.05, 0.1) is 4.92 Å². The molecule has 1 amide bonds. The molecule has 7 nitrogen and oxygen atoms in total. The molecule has 0 heterocycles. The number of rotatable bonds is 7. The van der Waals surface area contributed by atoms with E-state index in [1.54, 1.807) is 13.8 Å². The van der Waals surface area contributed by atoms with E-state index in [0.717, 1.165) is 0 Å². The summed E-state index contributed by atoms with van der Waals surface area (Å²) in [5.41, 5.74) is 1.24. The lowest BCUT2D eigenvalue weighted by Gasteiger charge is -2.08. The van der Waals surface area contributed by atoms with Crippen molar-refractivity contribution >= 4 is 17.6 Å². The van der Waals surface area contributed by atoms with Crippen molar-refractivity contribution in [3.8, 4) is 0 Å². The molecule has 1 aromatic carbocycles. The number of unbranched alkanes of at least 4 members (excludes halogenated alkanes) is 1. The Bertz CT molecular complexity index is 545. The van der Waals surface area contributed by atoms with E-state index in [1.807, 2.05) is 0 Å². The number of nitro groups is 1. The lowest BCUT2D eigenvalue weighted by Crippen LogP contribution is -2.26. The Morgan fingerprint density at radius 3 is 2.24 bits per heavy atom. The van der Waals surface area contributed by atoms with Gasteiger partial charge in [-0.2, -0.15) is 0 Å². The second-order valence-electron chi connectivity index (χ2n) is 4.80. The third-order valence-electron chi connectivity index (χ3n) is 3.03. The van der Waals surface area contributed by atoms with E-state index in [-0.39, 0.29) is 18.0 Å². The number of hydrogen-bond acceptors (Lipinski definition) is 5. The normalized spacial score (nSPS) is 10.2. The number of carbonyl (C=O) groups excluding carboxylic acids is 2. The monoisotopic (exact) mass is 293 g/mol. The molecule has 0 spiro atoms. The van der Waals surface area contributed by atoms with E-state index in [9.17, 15) is 24.8 Å². The van der Waals surface area contributed by atoms with Crippen molar-refractivity contribution in [3.05, 3.63) is 38.9 Å². The predicted octanol–water partition coefficient (Wildman–Crippen LogP) is 0.862. The molecule has 7 heteroatoms. The molecule has 0 fully saturated rings. The molecular formula is C14H17N2O5-. The smallest absolute Gasteiger partial charge is 0.275 e. The largest absolute Gasteiger partial charge is 0.550 e. The van der Waals surface area contributed by atoms with Crippen LogP contribution in [0.4, 0.5) is 5.69 Å². The standard InChI is InChI=1S/C14H18N2O5/c1-9-7-11(8-10(2)13(9)16(20)21)14(19)15-6-4-3-5-12(17)18/h7-8H,3-6H2,1-2H3,(H,15,19)(H,17,18)/p-1. The summed E-state index contributed by atoms with van der Waals surface area (Å²) in [6.07, 6.45) is 0.928. The highest BCUT2D eigenvalue weighted by Gasteiger charge is 2.17. The van der Waals surface area contributed by atoms with Crippen LogP contribution >= 0.6 is 0 Å². The topological polar surface area (TPSA) is 112 Å². The number of aryl methyl sites for hydroxylation is 2. The summed E-state index contributed by atoms with van der Waals surface area (Å²) >= 11 is 0. The Hall–Kier alpha value is -2.44. The SMILES string of the molecule is Cc1cc(C(=O)NCCCCC(=O)[O-])cc(C)c1[N+](=O)[O-]. The molecule has 0 unspecified atom stereocenters. The van der Waals surface area contributed by atoms with Gasteiger partial charge in [0, 0.05) is 29.2 Å². The second-order valence-corrected chi connectivity index (χ2v) is 4.80. The summed E-state index contributed by atoms with van der Waals surface area (Å²) in [6.45, 7) is 3.52. The van der Waals surface area contributed by atoms with Crippen LogP contribution in [0.2, 0.25) is 0 Å². The Labute approximate surface area is 122 Å². The zero-order chi connectivity index (χ0) is 16.0. The first-order chi connectivity index (χ1) is 9.82. The highest BCUT2D eigenvalue weighted by atomic mass is 16.6. The molecule has 1 N–H and O–H groups in total. The summed E-state index contributed by atoms with van der Waals surface area (Å²) < 4.78 is 0. The van der Waals surface area contributed by atoms with Crippen molar-refractivity contribution in [2.45, 2.75) is 33.1 Å². The third kappa shape index (κ3) is 4.87. The van der Waals surface area contributed by atoms with Crippen LogP contribution in [0.5, 0.6) is 0 Å². The van der Waals surface area contributed by atoms with Crippen molar-refractivity contribution in [3.63, 3.8) is 0 Å². The van der Waals surface area contributed by atoms with Crippen LogP contribution in [-0.4, -0.2) is 23.3 Å². The van der Waals surface area contributed by atoms with Gasteiger partial charge in [-0.25, -0.2) is 0 Å². The van der Waals surface area contributed by atoms with Crippen molar-refractivity contribution in [2.24, 2.45) is 0 Å². The lowest BCUT2D eigenvalue weighted by molar-refractivity contribution is -0.386. The summed E-state index contributed by atoms with van der Waals surface area (Å²) in [7, 11) is 0. The van der Waals surface area contributed by atoms with Gasteiger partial charge in [0.15, 0.2) is 0 Å². The number of carboxylic acids is 1. The number of nitrogens with zero attached hydrogens (tertiary/aromatic N) is 1. The fraction of sp³-hybridized carbons (Fsp3) is 0.429. The molecule has 0 atom stereocenters. The maximum atomic E-state index is 11.9. The third-order valence-corrected chi connectivity index (χ3v) is 3.03. The van der Waals surface area contributed by atoms with Gasteiger partial charge in [0.1, 0.15) is 0 Å². The van der Waals surface area contributed by atoms with E-state index in [1.165, 1.54) is 12.1 Å². The molecule has 0 bridgehead atoms. The van der Waals surface area contributed by atoms with Crippen molar-refractivity contribution in [1.29, 1.82) is 0 Å². The maximum absolute atomic E-state index is 11.9. The zero-order valence-electron chi connectivity index (χ0n) is 12.0. The summed E-state index contributed by atoms with van der Waals surface area (Å²) in [5.74, 6) is -1.44. The molecule has 0 aliphatic carbocycles. The fourth-order valence-electron chi connectivity index (χ4n) is 2.07. The van der Waals surface area contributed by atoms with Gasteiger partial charge in [-0.05, 0) is 45.2 Å². The molecule has 1 aromatic rings. The average molecular weight is 293 g/mol. The molecule has 0 radical (unpaired) electrons. The van der Waals surface area contributed by atoms with E-state index in [0.29, 0.717) is 36.1 Å². The van der Waals surface area contributed by atoms with E-state index < -0.39 is 10.9 Å². The Balaban J connectivity index is 2.63. The summed E-state index contributed by atoms with van der Waals surface area (Å²) in [4.78, 5) is 32.6. The van der Waals surface area contributed by atoms with Crippen LogP contribution in [0, 0.1) is 24.0 Å². The quantitative estimate of drug-likeness (QED) is 0.455. The first kappa shape index (κ1) is 16.6. The Morgan fingerprint density at radius 2 is 1.76 bits per heavy atom. The van der Waals surface area contributed by atoms with Gasteiger partial charge in [-0.15, -0.1) is 0 Å². The Kier molecular flexibility index (Phi) is 5.83. The van der Waals surface area contributed by atoms with Crippen molar-refractivity contribution in [1.82, 2.24) is 5.32 Å². The van der Waals surface area contributed by atoms with Crippen LogP contribution in [0.25, 0.3) is 0 Å². The van der Waals surface area contributed by atoms with Crippen LogP contribution in [0.1, 0.15) is 40.7 Å². The number of amides is 1. The van der Waals surface area contributed by atoms with Crippen LogP contribution < -0.4 is 10.4 Å². The van der Waals surface area contributed by atoms with Crippen molar-refractivity contribution < 1.29 is 19.6 Å². The number of nitrogens with one attached hydrogen (secondary N) is 1. The Morgan fingerprint density at radius 1 is 1.19 bits per heavy atom. The number of hydrogen-bond donors (Lipinski definition) is 1. The first-order valence-corrected chi connectivity index (χ1v) is 6.56. The van der Waals surface area contributed by atoms with Gasteiger partial charge in [-0.1, -0.05) is 0 Å². The van der Waals surface area contributed by atoms with E-state index in [2.05, 4.69) is 5.32 Å². The number of carbonyl (C=O) groups is 2. The molecule has 0 saturated carbocycles. The zero-order valence-corrected chi connectivity index (χ0v) is 12.0. The molecular weight excluding hydrogens is 276 g/mol. The molecule has 21 heavy (non-hydrogen) atoms. The summed E-state index contributed by atoms with van der Waals surface area (Å²) in [5, 5.41) is 23.8. The molecule has 1 rings (SSSR count). The first-order valence-electron chi connectivity index (χ1n) is 6.56. The van der Waals surface area contributed by atoms with Crippen LogP contribution in [-0.2, 0) is 4.79 Å². The van der Waals surface area contributed by atoms with Gasteiger partial charge in [0.2, 0.25) is 0 Å². The average Bonchev–Trinajstić information content (AvgIpc) is 2.36. The second kappa shape index (κ2) is 7.37. The maximum Gasteiger partial charge on any atom is 0.275 e. The molecule has 114 valence electrons. The van der Waals surface area contributed by atoms with Gasteiger partial charge in [0.25, 0.3) is 11.6 Å². The van der Waals surface area contributed by atoms with Gasteiger partial charge >= 0.3 is 0 Å². The van der Waals surface area contributed by atoms with Crippen LogP contribution in [0.15, 0.2) is 12.1 Å². The minimum atomic E-state index is -1.11. The van der Waals surface area contributed by atoms with E-state index in [4.69, 9.17) is 0 Å². The highest BCUT2D eigenvalue weighted by molar-refractivity contribution is 5.95. The summed E-state index contributed by atoms with van der Waals surface area (Å²) in [6, 6.07) is 2.95. The van der Waals surface area contributed by atoms with Gasteiger partial charge < -0.3 is 15.2 Å². The molecule has 0 aromatic heterocycles. The predicted molar refractivity (Wildman–Crippen MR) is 73.8 cm³/mol. The van der Waals surface area contributed by atoms with Crippen LogP contribution in [0.3, 0.4) is 0 Å². The minimum absolute atomic E-state index is 0.0144. The number of nitro benzene ring substituents is 1.